The van der Waals surface area contributed by atoms with Gasteiger partial charge in [0.15, 0.2) is 11.6 Å². The van der Waals surface area contributed by atoms with Gasteiger partial charge < -0.3 is 20.0 Å². The van der Waals surface area contributed by atoms with Crippen molar-refractivity contribution >= 4 is 23.4 Å². The number of rotatable bonds is 10. The molecule has 4 rings (SSSR count). The van der Waals surface area contributed by atoms with Gasteiger partial charge in [-0.1, -0.05) is 19.4 Å². The van der Waals surface area contributed by atoms with Crippen LogP contribution in [0.1, 0.15) is 71.6 Å². The highest BCUT2D eigenvalue weighted by molar-refractivity contribution is 5.91. The van der Waals surface area contributed by atoms with Crippen molar-refractivity contribution in [2.24, 2.45) is 34.5 Å². The van der Waals surface area contributed by atoms with Crippen molar-refractivity contribution < 1.29 is 38.9 Å². The van der Waals surface area contributed by atoms with Crippen LogP contribution in [0.2, 0.25) is 0 Å². The Balaban J connectivity index is 1.30. The number of allylic oxidation sites excluding steroid dienone is 1. The minimum Gasteiger partial charge on any atom is -0.456 e. The van der Waals surface area contributed by atoms with E-state index in [0.717, 1.165) is 25.7 Å². The van der Waals surface area contributed by atoms with E-state index in [0.29, 0.717) is 19.3 Å². The van der Waals surface area contributed by atoms with Crippen LogP contribution in [0.15, 0.2) is 11.6 Å². The fourth-order valence-corrected chi connectivity index (χ4v) is 8.15. The van der Waals surface area contributed by atoms with Crippen LogP contribution in [0.5, 0.6) is 0 Å². The predicted octanol–water partition coefficient (Wildman–Crippen LogP) is 2.32. The van der Waals surface area contributed by atoms with Gasteiger partial charge in [-0.15, -0.1) is 10.1 Å². The fourth-order valence-electron chi connectivity index (χ4n) is 8.15. The molecule has 2 N–H and O–H groups in total. The van der Waals surface area contributed by atoms with Crippen molar-refractivity contribution in [1.29, 1.82) is 0 Å². The van der Waals surface area contributed by atoms with Gasteiger partial charge in [0.05, 0.1) is 12.7 Å². The van der Waals surface area contributed by atoms with E-state index in [1.54, 1.807) is 0 Å². The summed E-state index contributed by atoms with van der Waals surface area (Å²) in [5.74, 6) is -0.862. The minimum atomic E-state index is -0.936. The number of ether oxygens (including phenoxy) is 1. The molecule has 3 saturated carbocycles. The Morgan fingerprint density at radius 1 is 1.21 bits per heavy atom. The van der Waals surface area contributed by atoms with Gasteiger partial charge in [-0.25, -0.2) is 0 Å². The van der Waals surface area contributed by atoms with Gasteiger partial charge in [-0.3, -0.25) is 19.2 Å². The first-order chi connectivity index (χ1) is 18.0. The second-order valence-electron chi connectivity index (χ2n) is 11.9. The second kappa shape index (κ2) is 11.1. The molecule has 0 aromatic rings. The van der Waals surface area contributed by atoms with Crippen molar-refractivity contribution in [1.82, 2.24) is 5.32 Å². The van der Waals surface area contributed by atoms with Crippen LogP contribution in [-0.2, 0) is 28.8 Å². The Hall–Kier alpha value is -2.82. The third kappa shape index (κ3) is 5.48. The molecule has 0 spiro atoms. The van der Waals surface area contributed by atoms with Gasteiger partial charge in [0, 0.05) is 18.8 Å². The number of amides is 1. The lowest BCUT2D eigenvalue weighted by molar-refractivity contribution is -0.757. The molecule has 7 unspecified atom stereocenters. The van der Waals surface area contributed by atoms with Gasteiger partial charge in [-0.05, 0) is 79.6 Å². The fraction of sp³-hybridized carbons (Fsp3) is 0.778. The Kier molecular flexibility index (Phi) is 8.25. The standard InChI is InChI=1S/C27H38N2O9/c1-26-10-9-17(30)12-16(26)5-6-18-19-7-8-20(27(19,2)13-21(31)25(18)26)22(32)15-37-24(34)14-28-23(33)4-3-11-38-29(35)36/h12,18-21,25,31H,3-11,13-15H2,1-2H3,(H,28,33). The summed E-state index contributed by atoms with van der Waals surface area (Å²) in [5.41, 5.74) is 0.609. The summed E-state index contributed by atoms with van der Waals surface area (Å²) in [7, 11) is 0. The molecular weight excluding hydrogens is 496 g/mol. The number of aliphatic hydroxyl groups is 1. The summed E-state index contributed by atoms with van der Waals surface area (Å²) in [6, 6.07) is 0. The molecular formula is C27H38N2O9. The molecule has 0 aromatic heterocycles. The van der Waals surface area contributed by atoms with E-state index in [2.05, 4.69) is 24.0 Å². The highest BCUT2D eigenvalue weighted by atomic mass is 16.9. The zero-order chi connectivity index (χ0) is 27.7. The molecule has 11 heteroatoms. The van der Waals surface area contributed by atoms with E-state index in [-0.39, 0.29) is 72.1 Å². The number of Topliss-reactive ketones (excluding diaryl/α,β-unsaturated/α-hetero) is 1. The Morgan fingerprint density at radius 3 is 2.71 bits per heavy atom. The van der Waals surface area contributed by atoms with Crippen LogP contribution in [0.3, 0.4) is 0 Å². The number of hydrogen-bond donors (Lipinski definition) is 2. The molecule has 1 amide bonds. The number of esters is 1. The first-order valence-corrected chi connectivity index (χ1v) is 13.6. The minimum absolute atomic E-state index is 0.0427. The van der Waals surface area contributed by atoms with E-state index in [9.17, 15) is 34.4 Å². The molecule has 4 aliphatic rings. The molecule has 4 aliphatic carbocycles. The predicted molar refractivity (Wildman–Crippen MR) is 133 cm³/mol. The summed E-state index contributed by atoms with van der Waals surface area (Å²) in [6.45, 7) is 3.30. The van der Waals surface area contributed by atoms with Crippen LogP contribution >= 0.6 is 0 Å². The molecule has 7 atom stereocenters. The summed E-state index contributed by atoms with van der Waals surface area (Å²) >= 11 is 0. The number of ketones is 2. The van der Waals surface area contributed by atoms with E-state index in [1.807, 2.05) is 6.08 Å². The quantitative estimate of drug-likeness (QED) is 0.185. The SMILES string of the molecule is CC12CCC(=O)C=C1CCC1C2C(O)CC2(C)C(C(=O)COC(=O)CNC(=O)CCCO[N+](=O)[O-])CCC12. The average Bonchev–Trinajstić information content (AvgIpc) is 3.20. The van der Waals surface area contributed by atoms with Gasteiger partial charge in [0.25, 0.3) is 5.09 Å². The van der Waals surface area contributed by atoms with Crippen molar-refractivity contribution in [3.63, 3.8) is 0 Å². The Morgan fingerprint density at radius 2 is 1.97 bits per heavy atom. The van der Waals surface area contributed by atoms with Crippen LogP contribution < -0.4 is 5.32 Å². The third-order valence-corrected chi connectivity index (χ3v) is 9.83. The lowest BCUT2D eigenvalue weighted by atomic mass is 9.46. The Labute approximate surface area is 221 Å². The normalized spacial score (nSPS) is 35.7. The maximum absolute atomic E-state index is 13.2. The number of hydrogen-bond acceptors (Lipinski definition) is 9. The molecule has 0 aromatic carbocycles. The van der Waals surface area contributed by atoms with Crippen LogP contribution in [0.4, 0.5) is 0 Å². The second-order valence-corrected chi connectivity index (χ2v) is 11.9. The number of nitrogens with one attached hydrogen (secondary N) is 1. The number of aliphatic hydroxyl groups excluding tert-OH is 1. The maximum Gasteiger partial charge on any atom is 0.325 e. The third-order valence-electron chi connectivity index (χ3n) is 9.83. The van der Waals surface area contributed by atoms with Crippen LogP contribution in [0.25, 0.3) is 0 Å². The van der Waals surface area contributed by atoms with Crippen LogP contribution in [-0.4, -0.2) is 59.5 Å². The highest BCUT2D eigenvalue weighted by Gasteiger charge is 2.62. The van der Waals surface area contributed by atoms with E-state index in [4.69, 9.17) is 4.74 Å². The number of fused-ring (bicyclic) bond motifs is 5. The summed E-state index contributed by atoms with van der Waals surface area (Å²) in [5, 5.41) is 23.0. The van der Waals surface area contributed by atoms with Crippen LogP contribution in [0, 0.1) is 44.6 Å². The first kappa shape index (κ1) is 28.2. The molecule has 0 bridgehead atoms. The molecule has 38 heavy (non-hydrogen) atoms. The summed E-state index contributed by atoms with van der Waals surface area (Å²) in [4.78, 5) is 63.4. The molecule has 210 valence electrons. The van der Waals surface area contributed by atoms with Gasteiger partial charge in [0.2, 0.25) is 5.91 Å². The van der Waals surface area contributed by atoms with E-state index < -0.39 is 29.6 Å². The van der Waals surface area contributed by atoms with Crippen molar-refractivity contribution in [3.05, 3.63) is 21.8 Å². The number of nitrogens with zero attached hydrogens (tertiary/aromatic N) is 1. The van der Waals surface area contributed by atoms with Crippen molar-refractivity contribution in [2.75, 3.05) is 19.8 Å². The first-order valence-electron chi connectivity index (χ1n) is 13.6. The Bertz CT molecular complexity index is 1030. The smallest absolute Gasteiger partial charge is 0.325 e. The monoisotopic (exact) mass is 534 g/mol. The molecule has 0 saturated heterocycles. The van der Waals surface area contributed by atoms with E-state index >= 15 is 0 Å². The summed E-state index contributed by atoms with van der Waals surface area (Å²) < 4.78 is 5.16. The zero-order valence-corrected chi connectivity index (χ0v) is 22.1. The largest absolute Gasteiger partial charge is 0.456 e. The lowest BCUT2D eigenvalue weighted by Crippen LogP contribution is -2.57. The summed E-state index contributed by atoms with van der Waals surface area (Å²) in [6.07, 6.45) is 6.46. The van der Waals surface area contributed by atoms with Crippen molar-refractivity contribution in [3.8, 4) is 0 Å². The average molecular weight is 535 g/mol. The zero-order valence-electron chi connectivity index (χ0n) is 22.1. The maximum atomic E-state index is 13.2. The van der Waals surface area contributed by atoms with Gasteiger partial charge in [-0.2, -0.15) is 0 Å². The van der Waals surface area contributed by atoms with Crippen molar-refractivity contribution in [2.45, 2.75) is 77.7 Å². The molecule has 0 radical (unpaired) electrons. The van der Waals surface area contributed by atoms with Gasteiger partial charge in [0.1, 0.15) is 13.2 Å². The molecule has 0 heterocycles. The molecule has 11 nitrogen and oxygen atoms in total. The molecule has 3 fully saturated rings. The number of carbonyl (C=O) groups excluding carboxylic acids is 4. The lowest BCUT2D eigenvalue weighted by Gasteiger charge is -2.59. The topological polar surface area (TPSA) is 162 Å². The molecule has 0 aliphatic heterocycles. The highest BCUT2D eigenvalue weighted by Crippen LogP contribution is 2.66. The number of carbonyl (C=O) groups is 4. The van der Waals surface area contributed by atoms with Gasteiger partial charge >= 0.3 is 5.97 Å². The van der Waals surface area contributed by atoms with E-state index in [1.165, 1.54) is 5.57 Å².